The van der Waals surface area contributed by atoms with Crippen molar-refractivity contribution in [2.75, 3.05) is 11.4 Å². The Bertz CT molecular complexity index is 1440. The summed E-state index contributed by atoms with van der Waals surface area (Å²) >= 11 is 0. The van der Waals surface area contributed by atoms with Crippen LogP contribution in [0.2, 0.25) is 0 Å². The maximum Gasteiger partial charge on any atom is 0.249 e. The molecule has 0 aromatic heterocycles. The number of rotatable bonds is 5. The average molecular weight is 506 g/mol. The predicted octanol–water partition coefficient (Wildman–Crippen LogP) is 3.52. The average Bonchev–Trinajstić information content (AvgIpc) is 3.37. The van der Waals surface area contributed by atoms with Gasteiger partial charge in [0.25, 0.3) is 0 Å². The van der Waals surface area contributed by atoms with E-state index in [0.717, 1.165) is 11.1 Å². The molecule has 7 heteroatoms. The first-order chi connectivity index (χ1) is 18.4. The second-order valence-corrected chi connectivity index (χ2v) is 10.2. The zero-order valence-electron chi connectivity index (χ0n) is 20.9. The molecule has 0 unspecified atom stereocenters. The fourth-order valence-corrected chi connectivity index (χ4v) is 6.28. The number of hydrogen-bond donors (Lipinski definition) is 0. The maximum atomic E-state index is 14.2. The zero-order valence-corrected chi connectivity index (χ0v) is 20.9. The molecule has 3 heterocycles. The molecule has 0 spiro atoms. The Kier molecular flexibility index (Phi) is 5.71. The van der Waals surface area contributed by atoms with Crippen LogP contribution >= 0.6 is 0 Å². The van der Waals surface area contributed by atoms with Gasteiger partial charge in [0.05, 0.1) is 23.6 Å². The van der Waals surface area contributed by atoms with Gasteiger partial charge in [0, 0.05) is 6.54 Å². The Hall–Kier alpha value is -4.52. The van der Waals surface area contributed by atoms with Crippen molar-refractivity contribution in [1.82, 2.24) is 9.80 Å². The van der Waals surface area contributed by atoms with Crippen LogP contribution in [0.15, 0.2) is 97.1 Å². The van der Waals surface area contributed by atoms with E-state index < -0.39 is 29.3 Å². The number of carbonyl (C=O) groups is 4. The van der Waals surface area contributed by atoms with Gasteiger partial charge < -0.3 is 9.80 Å². The zero-order chi connectivity index (χ0) is 26.4. The van der Waals surface area contributed by atoms with Crippen LogP contribution in [0, 0.1) is 11.8 Å². The molecule has 3 aliphatic heterocycles. The summed E-state index contributed by atoms with van der Waals surface area (Å²) in [5.74, 6) is -3.28. The lowest BCUT2D eigenvalue weighted by atomic mass is 9.79. The summed E-state index contributed by atoms with van der Waals surface area (Å²) in [6.45, 7) is 1.79. The molecular formula is C31H27N3O4. The molecule has 6 rings (SSSR count). The van der Waals surface area contributed by atoms with Crippen molar-refractivity contribution in [2.45, 2.75) is 25.0 Å². The van der Waals surface area contributed by atoms with Crippen LogP contribution in [-0.4, -0.2) is 51.6 Å². The summed E-state index contributed by atoms with van der Waals surface area (Å²) in [5, 5.41) is 0. The SMILES string of the molecule is C[C@@]12C(=O)N(Cc3ccccc3)CC(=O)N1[C@H](/C=C/c1ccccc1)[C@@H]1C(=O)N(c3ccccc3)C(=O)[C@@H]12. The molecule has 0 N–H and O–H groups in total. The molecular weight excluding hydrogens is 478 g/mol. The van der Waals surface area contributed by atoms with E-state index >= 15 is 0 Å². The molecule has 0 bridgehead atoms. The summed E-state index contributed by atoms with van der Waals surface area (Å²) < 4.78 is 0. The van der Waals surface area contributed by atoms with Gasteiger partial charge in [0.2, 0.25) is 23.6 Å². The van der Waals surface area contributed by atoms with E-state index in [4.69, 9.17) is 0 Å². The standard InChI is InChI=1S/C31H27N3O4/c1-31-27-26(28(36)33(29(27)37)23-15-9-4-10-16-23)24(18-17-21-11-5-2-6-12-21)34(31)25(35)20-32(30(31)38)19-22-13-7-3-8-14-22/h2-18,24,26-27H,19-20H2,1H3/b18-17+/t24-,26+,27-,31-/m1/s1. The van der Waals surface area contributed by atoms with E-state index in [1.54, 1.807) is 37.3 Å². The molecule has 4 atom stereocenters. The monoisotopic (exact) mass is 505 g/mol. The van der Waals surface area contributed by atoms with E-state index in [9.17, 15) is 19.2 Å². The Labute approximate surface area is 221 Å². The lowest BCUT2D eigenvalue weighted by Gasteiger charge is -2.46. The number of hydrogen-bond acceptors (Lipinski definition) is 4. The van der Waals surface area contributed by atoms with Crippen molar-refractivity contribution in [1.29, 1.82) is 0 Å². The van der Waals surface area contributed by atoms with Gasteiger partial charge in [-0.15, -0.1) is 0 Å². The van der Waals surface area contributed by atoms with E-state index in [-0.39, 0.29) is 30.8 Å². The van der Waals surface area contributed by atoms with Crippen molar-refractivity contribution in [3.63, 3.8) is 0 Å². The maximum absolute atomic E-state index is 14.2. The molecule has 3 saturated heterocycles. The van der Waals surface area contributed by atoms with Crippen LogP contribution in [0.1, 0.15) is 18.1 Å². The van der Waals surface area contributed by atoms with Gasteiger partial charge in [-0.05, 0) is 30.2 Å². The molecule has 3 aromatic carbocycles. The fraction of sp³-hybridized carbons (Fsp3) is 0.226. The minimum absolute atomic E-state index is 0.108. The smallest absolute Gasteiger partial charge is 0.249 e. The molecule has 4 amide bonds. The van der Waals surface area contributed by atoms with Crippen molar-refractivity contribution in [3.8, 4) is 0 Å². The van der Waals surface area contributed by atoms with Gasteiger partial charge in [-0.25, -0.2) is 4.90 Å². The van der Waals surface area contributed by atoms with Gasteiger partial charge in [-0.2, -0.15) is 0 Å². The Morgan fingerprint density at radius 2 is 1.42 bits per heavy atom. The minimum Gasteiger partial charge on any atom is -0.327 e. The van der Waals surface area contributed by atoms with Crippen LogP contribution in [-0.2, 0) is 25.7 Å². The molecule has 190 valence electrons. The van der Waals surface area contributed by atoms with Gasteiger partial charge >= 0.3 is 0 Å². The molecule has 3 aromatic rings. The minimum atomic E-state index is -1.49. The predicted molar refractivity (Wildman–Crippen MR) is 142 cm³/mol. The van der Waals surface area contributed by atoms with Crippen molar-refractivity contribution in [2.24, 2.45) is 11.8 Å². The lowest BCUT2D eigenvalue weighted by molar-refractivity contribution is -0.165. The highest BCUT2D eigenvalue weighted by molar-refractivity contribution is 6.25. The first-order valence-electron chi connectivity index (χ1n) is 12.7. The van der Waals surface area contributed by atoms with Gasteiger partial charge in [-0.3, -0.25) is 19.2 Å². The van der Waals surface area contributed by atoms with Crippen LogP contribution in [0.3, 0.4) is 0 Å². The van der Waals surface area contributed by atoms with Crippen molar-refractivity contribution in [3.05, 3.63) is 108 Å². The number of amides is 4. The Balaban J connectivity index is 1.44. The number of anilines is 1. The summed E-state index contributed by atoms with van der Waals surface area (Å²) in [4.78, 5) is 59.9. The topological polar surface area (TPSA) is 78.0 Å². The first kappa shape index (κ1) is 23.9. The molecule has 38 heavy (non-hydrogen) atoms. The van der Waals surface area contributed by atoms with Gasteiger partial charge in [-0.1, -0.05) is 91.0 Å². The number of benzene rings is 3. The molecule has 0 saturated carbocycles. The summed E-state index contributed by atoms with van der Waals surface area (Å²) in [5.41, 5.74) is 0.765. The number of para-hydroxylation sites is 1. The normalized spacial score (nSPS) is 26.9. The third-order valence-corrected chi connectivity index (χ3v) is 7.95. The van der Waals surface area contributed by atoms with Crippen LogP contribution in [0.5, 0.6) is 0 Å². The highest BCUT2D eigenvalue weighted by Gasteiger charge is 2.72. The molecule has 0 radical (unpaired) electrons. The first-order valence-corrected chi connectivity index (χ1v) is 12.7. The third-order valence-electron chi connectivity index (χ3n) is 7.95. The molecule has 3 aliphatic rings. The largest absolute Gasteiger partial charge is 0.327 e. The van der Waals surface area contributed by atoms with Crippen LogP contribution in [0.4, 0.5) is 5.69 Å². The van der Waals surface area contributed by atoms with E-state index in [2.05, 4.69) is 0 Å². The van der Waals surface area contributed by atoms with E-state index in [0.29, 0.717) is 5.69 Å². The quantitative estimate of drug-likeness (QED) is 0.497. The van der Waals surface area contributed by atoms with Crippen molar-refractivity contribution < 1.29 is 19.2 Å². The number of piperazine rings is 1. The Morgan fingerprint density at radius 3 is 2.08 bits per heavy atom. The van der Waals surface area contributed by atoms with Crippen molar-refractivity contribution >= 4 is 35.4 Å². The van der Waals surface area contributed by atoms with E-state index in [1.807, 2.05) is 72.8 Å². The number of nitrogens with zero attached hydrogens (tertiary/aromatic N) is 3. The molecule has 7 nitrogen and oxygen atoms in total. The second-order valence-electron chi connectivity index (χ2n) is 10.2. The fourth-order valence-electron chi connectivity index (χ4n) is 6.28. The third kappa shape index (κ3) is 3.57. The number of carbonyl (C=O) groups excluding carboxylic acids is 4. The number of fused-ring (bicyclic) bond motifs is 3. The lowest BCUT2D eigenvalue weighted by Crippen LogP contribution is -2.68. The summed E-state index contributed by atoms with van der Waals surface area (Å²) in [7, 11) is 0. The van der Waals surface area contributed by atoms with E-state index in [1.165, 1.54) is 14.7 Å². The van der Waals surface area contributed by atoms with Gasteiger partial charge in [0.15, 0.2) is 0 Å². The Morgan fingerprint density at radius 1 is 0.816 bits per heavy atom. The summed E-state index contributed by atoms with van der Waals surface area (Å²) in [6, 6.07) is 27.0. The highest BCUT2D eigenvalue weighted by Crippen LogP contribution is 2.52. The van der Waals surface area contributed by atoms with Crippen LogP contribution < -0.4 is 4.90 Å². The molecule has 0 aliphatic carbocycles. The van der Waals surface area contributed by atoms with Gasteiger partial charge in [0.1, 0.15) is 12.1 Å². The summed E-state index contributed by atoms with van der Waals surface area (Å²) in [6.07, 6.45) is 3.65. The molecule has 3 fully saturated rings. The number of imide groups is 1. The highest BCUT2D eigenvalue weighted by atomic mass is 16.2. The second kappa shape index (κ2) is 9.10. The van der Waals surface area contributed by atoms with Crippen LogP contribution in [0.25, 0.3) is 6.08 Å².